The van der Waals surface area contributed by atoms with E-state index in [2.05, 4.69) is 5.32 Å². The second-order valence-corrected chi connectivity index (χ2v) is 9.75. The van der Waals surface area contributed by atoms with Crippen LogP contribution < -0.4 is 19.7 Å². The van der Waals surface area contributed by atoms with E-state index in [0.717, 1.165) is 29.0 Å². The molecule has 1 fully saturated rings. The minimum absolute atomic E-state index is 0.0663. The molecule has 1 saturated carbocycles. The summed E-state index contributed by atoms with van der Waals surface area (Å²) in [5.74, 6) is 1.13. The molecule has 4 rings (SSSR count). The zero-order valence-corrected chi connectivity index (χ0v) is 20.9. The molecule has 2 aromatic carbocycles. The van der Waals surface area contributed by atoms with Crippen molar-refractivity contribution in [2.75, 3.05) is 25.7 Å². The van der Waals surface area contributed by atoms with Gasteiger partial charge in [-0.3, -0.25) is 9.59 Å². The fourth-order valence-corrected chi connectivity index (χ4v) is 5.52. The number of carbonyl (C=O) groups excluding carboxylic acids is 2. The van der Waals surface area contributed by atoms with Gasteiger partial charge in [0.05, 0.1) is 24.3 Å². The molecule has 1 aliphatic heterocycles. The van der Waals surface area contributed by atoms with E-state index in [1.165, 1.54) is 37.4 Å². The Balaban J connectivity index is 1.54. The number of rotatable bonds is 6. The Kier molecular flexibility index (Phi) is 7.83. The lowest BCUT2D eigenvalue weighted by Crippen LogP contribution is -2.35. The monoisotopic (exact) mass is 480 g/mol. The number of anilines is 1. The number of ether oxygens (including phenoxy) is 2. The number of nitrogens with zero attached hydrogens (tertiary/aromatic N) is 1. The normalized spacial score (nSPS) is 17.8. The summed E-state index contributed by atoms with van der Waals surface area (Å²) in [7, 11) is 3.35. The van der Waals surface area contributed by atoms with E-state index in [4.69, 9.17) is 9.47 Å². The molecule has 1 N–H and O–H groups in total. The molecule has 2 aromatic rings. The molecule has 0 saturated heterocycles. The lowest BCUT2D eigenvalue weighted by molar-refractivity contribution is -0.114. The fraction of sp³-hybridized carbons (Fsp3) is 0.407. The van der Waals surface area contributed by atoms with Crippen LogP contribution in [-0.2, 0) is 4.79 Å². The molecular weight excluding hydrogens is 448 g/mol. The molecule has 0 spiro atoms. The predicted octanol–water partition coefficient (Wildman–Crippen LogP) is 5.66. The Morgan fingerprint density at radius 3 is 2.59 bits per heavy atom. The number of likely N-dealkylation sites (N-methyl/N-ethyl adjacent to an activating group) is 1. The van der Waals surface area contributed by atoms with Gasteiger partial charge >= 0.3 is 0 Å². The van der Waals surface area contributed by atoms with Gasteiger partial charge < -0.3 is 19.7 Å². The summed E-state index contributed by atoms with van der Waals surface area (Å²) >= 11 is 1.42. The Labute approximate surface area is 205 Å². The van der Waals surface area contributed by atoms with E-state index in [0.29, 0.717) is 28.6 Å². The van der Waals surface area contributed by atoms with Crippen LogP contribution in [0.2, 0.25) is 0 Å². The van der Waals surface area contributed by atoms with Gasteiger partial charge in [0.25, 0.3) is 11.8 Å². The van der Waals surface area contributed by atoms with Gasteiger partial charge in [-0.2, -0.15) is 0 Å². The van der Waals surface area contributed by atoms with E-state index < -0.39 is 0 Å². The summed E-state index contributed by atoms with van der Waals surface area (Å²) in [5, 5.41) is 3.19. The molecule has 6 nitrogen and oxygen atoms in total. The molecule has 1 aliphatic carbocycles. The van der Waals surface area contributed by atoms with Crippen molar-refractivity contribution in [2.24, 2.45) is 0 Å². The number of fused-ring (bicyclic) bond motifs is 1. The lowest BCUT2D eigenvalue weighted by Gasteiger charge is -2.27. The Morgan fingerprint density at radius 1 is 1.12 bits per heavy atom. The third-order valence-electron chi connectivity index (χ3n) is 6.29. The molecule has 0 atom stereocenters. The second kappa shape index (κ2) is 11.0. The summed E-state index contributed by atoms with van der Waals surface area (Å²) in [6.07, 6.45) is 8.75. The Bertz CT molecular complexity index is 1090. The molecule has 2 aliphatic rings. The van der Waals surface area contributed by atoms with Crippen LogP contribution in [0, 0.1) is 0 Å². The lowest BCUT2D eigenvalue weighted by atomic mass is 10.1. The van der Waals surface area contributed by atoms with Crippen LogP contribution in [0.3, 0.4) is 0 Å². The highest BCUT2D eigenvalue weighted by Crippen LogP contribution is 2.42. The first-order valence-corrected chi connectivity index (χ1v) is 12.7. The quantitative estimate of drug-likeness (QED) is 0.427. The van der Waals surface area contributed by atoms with Crippen molar-refractivity contribution in [1.29, 1.82) is 0 Å². The Morgan fingerprint density at radius 2 is 1.88 bits per heavy atom. The number of thioether (sulfide) groups is 1. The fourth-order valence-electron chi connectivity index (χ4n) is 4.43. The number of hydrogen-bond donors (Lipinski definition) is 1. The first kappa shape index (κ1) is 24.2. The van der Waals surface area contributed by atoms with Crippen LogP contribution >= 0.6 is 11.8 Å². The predicted molar refractivity (Wildman–Crippen MR) is 137 cm³/mol. The van der Waals surface area contributed by atoms with Gasteiger partial charge in [-0.05, 0) is 61.7 Å². The smallest absolute Gasteiger partial charge is 0.264 e. The maximum absolute atomic E-state index is 13.1. The standard InChI is InChI=1S/C27H32N2O4S/c1-4-33-22-13-11-18(15-23(22)32-3)16-25-27(31)29(2)21-17-19(12-14-24(21)34-25)26(30)28-20-9-7-5-6-8-10-20/h11-17,20H,4-10H2,1-3H3,(H,28,30)/b25-16+. The molecule has 7 heteroatoms. The molecule has 2 amide bonds. The van der Waals surface area contributed by atoms with Gasteiger partial charge in [0.1, 0.15) is 0 Å². The van der Waals surface area contributed by atoms with E-state index in [1.807, 2.05) is 49.4 Å². The highest BCUT2D eigenvalue weighted by Gasteiger charge is 2.28. The number of methoxy groups -OCH3 is 1. The minimum atomic E-state index is -0.105. The van der Waals surface area contributed by atoms with E-state index in [1.54, 1.807) is 19.1 Å². The second-order valence-electron chi connectivity index (χ2n) is 8.66. The molecule has 0 radical (unpaired) electrons. The van der Waals surface area contributed by atoms with Crippen LogP contribution in [0.1, 0.15) is 61.4 Å². The average molecular weight is 481 g/mol. The zero-order chi connectivity index (χ0) is 24.1. The van der Waals surface area contributed by atoms with E-state index in [9.17, 15) is 9.59 Å². The number of carbonyl (C=O) groups is 2. The molecule has 0 aromatic heterocycles. The minimum Gasteiger partial charge on any atom is -0.493 e. The highest BCUT2D eigenvalue weighted by atomic mass is 32.2. The van der Waals surface area contributed by atoms with Gasteiger partial charge in [-0.1, -0.05) is 43.5 Å². The van der Waals surface area contributed by atoms with Gasteiger partial charge in [-0.25, -0.2) is 0 Å². The first-order valence-electron chi connectivity index (χ1n) is 11.9. The third-order valence-corrected chi connectivity index (χ3v) is 7.37. The molecule has 0 bridgehead atoms. The van der Waals surface area contributed by atoms with Crippen LogP contribution in [0.4, 0.5) is 5.69 Å². The zero-order valence-electron chi connectivity index (χ0n) is 20.1. The summed E-state index contributed by atoms with van der Waals surface area (Å²) in [4.78, 5) is 29.2. The summed E-state index contributed by atoms with van der Waals surface area (Å²) in [6, 6.07) is 11.5. The van der Waals surface area contributed by atoms with Gasteiger partial charge in [-0.15, -0.1) is 0 Å². The maximum atomic E-state index is 13.1. The van der Waals surface area contributed by atoms with Crippen molar-refractivity contribution in [2.45, 2.75) is 56.4 Å². The number of amides is 2. The van der Waals surface area contributed by atoms with Crippen LogP contribution in [0.25, 0.3) is 6.08 Å². The van der Waals surface area contributed by atoms with Crippen LogP contribution in [0.15, 0.2) is 46.2 Å². The average Bonchev–Trinajstić information content (AvgIpc) is 3.12. The number of hydrogen-bond acceptors (Lipinski definition) is 5. The number of benzene rings is 2. The van der Waals surface area contributed by atoms with Gasteiger partial charge in [0.2, 0.25) is 0 Å². The number of nitrogens with one attached hydrogen (secondary N) is 1. The highest BCUT2D eigenvalue weighted by molar-refractivity contribution is 8.04. The van der Waals surface area contributed by atoms with Crippen molar-refractivity contribution >= 4 is 35.3 Å². The molecule has 1 heterocycles. The van der Waals surface area contributed by atoms with Crippen molar-refractivity contribution in [3.05, 3.63) is 52.4 Å². The molecule has 0 unspecified atom stereocenters. The van der Waals surface area contributed by atoms with Crippen LogP contribution in [0.5, 0.6) is 11.5 Å². The summed E-state index contributed by atoms with van der Waals surface area (Å²) in [6.45, 7) is 2.47. The van der Waals surface area contributed by atoms with Gasteiger partial charge in [0, 0.05) is 23.5 Å². The topological polar surface area (TPSA) is 67.9 Å². The summed E-state index contributed by atoms with van der Waals surface area (Å²) in [5.41, 5.74) is 2.20. The van der Waals surface area contributed by atoms with Crippen molar-refractivity contribution in [3.8, 4) is 11.5 Å². The third kappa shape index (κ3) is 5.41. The largest absolute Gasteiger partial charge is 0.493 e. The SMILES string of the molecule is CCOc1ccc(/C=C2/Sc3ccc(C(=O)NC4CCCCCC4)cc3N(C)C2=O)cc1OC. The Hall–Kier alpha value is -2.93. The van der Waals surface area contributed by atoms with Crippen LogP contribution in [-0.4, -0.2) is 38.6 Å². The first-order chi connectivity index (χ1) is 16.5. The van der Waals surface area contributed by atoms with Crippen molar-refractivity contribution in [1.82, 2.24) is 5.32 Å². The molecule has 34 heavy (non-hydrogen) atoms. The molecular formula is C27H32N2O4S. The van der Waals surface area contributed by atoms with Crippen molar-refractivity contribution in [3.63, 3.8) is 0 Å². The van der Waals surface area contributed by atoms with E-state index in [-0.39, 0.29) is 17.9 Å². The maximum Gasteiger partial charge on any atom is 0.264 e. The molecule has 180 valence electrons. The van der Waals surface area contributed by atoms with E-state index >= 15 is 0 Å². The summed E-state index contributed by atoms with van der Waals surface area (Å²) < 4.78 is 11.0. The van der Waals surface area contributed by atoms with Gasteiger partial charge in [0.15, 0.2) is 11.5 Å². The van der Waals surface area contributed by atoms with Crippen molar-refractivity contribution < 1.29 is 19.1 Å².